The van der Waals surface area contributed by atoms with Crippen LogP contribution in [-0.2, 0) is 0 Å². The minimum Gasteiger partial charge on any atom is -0.349 e. The van der Waals surface area contributed by atoms with E-state index in [9.17, 15) is 4.79 Å². The molecule has 5 heteroatoms. The molecule has 28 heavy (non-hydrogen) atoms. The summed E-state index contributed by atoms with van der Waals surface area (Å²) in [6.45, 7) is 9.79. The minimum atomic E-state index is -1.55. The van der Waals surface area contributed by atoms with Gasteiger partial charge in [0.05, 0.1) is 5.71 Å². The van der Waals surface area contributed by atoms with Crippen molar-refractivity contribution in [2.75, 3.05) is 0 Å². The van der Waals surface area contributed by atoms with Gasteiger partial charge >= 0.3 is 0 Å². The van der Waals surface area contributed by atoms with Gasteiger partial charge in [0.1, 0.15) is 0 Å². The highest BCUT2D eigenvalue weighted by atomic mass is 28.4. The van der Waals surface area contributed by atoms with E-state index >= 15 is 0 Å². The molecule has 1 heterocycles. The number of hydrogen-bond donors (Lipinski definition) is 0. The van der Waals surface area contributed by atoms with Gasteiger partial charge in [-0.15, -0.1) is 0 Å². The molecular weight excluding hydrogens is 376 g/mol. The minimum absolute atomic E-state index is 0.191. The maximum Gasteiger partial charge on any atom is 0.163 e. The van der Waals surface area contributed by atoms with Crippen molar-refractivity contribution in [2.45, 2.75) is 57.5 Å². The quantitative estimate of drug-likeness (QED) is 0.325. The standard InChI is InChI=1S/C23H32N2OSi2/c1-27(2)18-11-19-28(3,4)25(27)24-22(20-12-7-5-8-13-20)16-17-23(26)21-14-9-6-10-15-21/h5-10,12-15H,11,16-19H2,1-4H3. The first kappa shape index (κ1) is 20.7. The molecule has 0 unspecified atom stereocenters. The molecule has 0 amide bonds. The van der Waals surface area contributed by atoms with Gasteiger partial charge in [-0.1, -0.05) is 93.3 Å². The fourth-order valence-corrected chi connectivity index (χ4v) is 15.1. The Kier molecular flexibility index (Phi) is 6.35. The lowest BCUT2D eigenvalue weighted by Gasteiger charge is -2.49. The predicted molar refractivity (Wildman–Crippen MR) is 124 cm³/mol. The molecule has 1 aliphatic rings. The van der Waals surface area contributed by atoms with Crippen molar-refractivity contribution >= 4 is 28.0 Å². The summed E-state index contributed by atoms with van der Waals surface area (Å²) < 4.78 is 2.57. The van der Waals surface area contributed by atoms with Crippen LogP contribution in [0.5, 0.6) is 0 Å². The molecule has 2 aromatic rings. The molecule has 0 radical (unpaired) electrons. The summed E-state index contributed by atoms with van der Waals surface area (Å²) in [5.74, 6) is 0.191. The van der Waals surface area contributed by atoms with Crippen molar-refractivity contribution in [3.8, 4) is 0 Å². The molecule has 0 atom stereocenters. The van der Waals surface area contributed by atoms with Gasteiger partial charge in [-0.3, -0.25) is 4.79 Å². The van der Waals surface area contributed by atoms with Gasteiger partial charge in [0.15, 0.2) is 22.3 Å². The molecule has 1 fully saturated rings. The van der Waals surface area contributed by atoms with Crippen molar-refractivity contribution in [2.24, 2.45) is 5.10 Å². The summed E-state index contributed by atoms with van der Waals surface area (Å²) in [4.78, 5) is 12.7. The summed E-state index contributed by atoms with van der Waals surface area (Å²) in [5, 5.41) is 5.30. The van der Waals surface area contributed by atoms with Crippen molar-refractivity contribution < 1.29 is 4.79 Å². The first-order valence-electron chi connectivity index (χ1n) is 10.3. The zero-order chi connectivity index (χ0) is 20.2. The molecule has 0 aliphatic carbocycles. The van der Waals surface area contributed by atoms with Gasteiger partial charge in [0, 0.05) is 12.0 Å². The topological polar surface area (TPSA) is 32.7 Å². The highest BCUT2D eigenvalue weighted by Crippen LogP contribution is 2.35. The number of hydrazone groups is 1. The highest BCUT2D eigenvalue weighted by Gasteiger charge is 2.44. The van der Waals surface area contributed by atoms with Crippen LogP contribution in [0.25, 0.3) is 0 Å². The number of benzene rings is 2. The van der Waals surface area contributed by atoms with E-state index in [1.807, 2.05) is 36.4 Å². The van der Waals surface area contributed by atoms with Gasteiger partial charge in [0.2, 0.25) is 0 Å². The first-order chi connectivity index (χ1) is 13.3. The van der Waals surface area contributed by atoms with Crippen molar-refractivity contribution in [1.29, 1.82) is 0 Å². The molecule has 3 nitrogen and oxygen atoms in total. The number of hydrogen-bond acceptors (Lipinski definition) is 3. The fourth-order valence-electron chi connectivity index (χ4n) is 4.26. The zero-order valence-electron chi connectivity index (χ0n) is 17.6. The Labute approximate surface area is 171 Å². The number of Topliss-reactive ketones (excluding diaryl/α,β-unsaturated/α-hetero) is 1. The molecule has 0 aromatic heterocycles. The van der Waals surface area contributed by atoms with Crippen LogP contribution in [0.3, 0.4) is 0 Å². The molecule has 2 aromatic carbocycles. The monoisotopic (exact) mass is 408 g/mol. The number of rotatable bonds is 6. The predicted octanol–water partition coefficient (Wildman–Crippen LogP) is 6.17. The third-order valence-electron chi connectivity index (χ3n) is 5.74. The largest absolute Gasteiger partial charge is 0.349 e. The average Bonchev–Trinajstić information content (AvgIpc) is 2.67. The molecule has 148 valence electrons. The summed E-state index contributed by atoms with van der Waals surface area (Å²) >= 11 is 0. The molecule has 1 aliphatic heterocycles. The number of carbonyl (C=O) groups excluding carboxylic acids is 1. The van der Waals surface area contributed by atoms with Gasteiger partial charge in [-0.25, -0.2) is 0 Å². The Morgan fingerprint density at radius 2 is 1.32 bits per heavy atom. The van der Waals surface area contributed by atoms with Crippen LogP contribution < -0.4 is 0 Å². The van der Waals surface area contributed by atoms with Gasteiger partial charge in [-0.2, -0.15) is 5.10 Å². The summed E-state index contributed by atoms with van der Waals surface area (Å²) in [5.41, 5.74) is 2.99. The number of nitrogens with zero attached hydrogens (tertiary/aromatic N) is 2. The van der Waals surface area contributed by atoms with E-state index in [0.717, 1.165) is 16.8 Å². The van der Waals surface area contributed by atoms with Crippen LogP contribution in [-0.4, -0.2) is 32.3 Å². The van der Waals surface area contributed by atoms with E-state index in [4.69, 9.17) is 5.10 Å². The van der Waals surface area contributed by atoms with Crippen LogP contribution in [0.15, 0.2) is 65.8 Å². The van der Waals surface area contributed by atoms with E-state index in [0.29, 0.717) is 12.8 Å². The Bertz CT molecular complexity index is 816. The normalized spacial score (nSPS) is 18.7. The third-order valence-corrected chi connectivity index (χ3v) is 15.0. The molecule has 0 bridgehead atoms. The molecule has 1 saturated heterocycles. The Hall–Kier alpha value is -1.99. The van der Waals surface area contributed by atoms with Crippen LogP contribution in [0.1, 0.15) is 35.2 Å². The van der Waals surface area contributed by atoms with Crippen LogP contribution >= 0.6 is 0 Å². The lowest BCUT2D eigenvalue weighted by molar-refractivity contribution is 0.0985. The first-order valence-corrected chi connectivity index (χ1v) is 16.6. The molecule has 0 saturated carbocycles. The third kappa shape index (κ3) is 4.89. The summed E-state index contributed by atoms with van der Waals surface area (Å²) in [6.07, 6.45) is 2.52. The van der Waals surface area contributed by atoms with Crippen molar-refractivity contribution in [3.05, 3.63) is 71.8 Å². The van der Waals surface area contributed by atoms with E-state index in [2.05, 4.69) is 54.8 Å². The Morgan fingerprint density at radius 1 is 0.821 bits per heavy atom. The highest BCUT2D eigenvalue weighted by molar-refractivity contribution is 6.91. The molecule has 0 N–H and O–H groups in total. The molecular formula is C23H32N2OSi2. The van der Waals surface area contributed by atoms with Gasteiger partial charge in [-0.05, 0) is 24.1 Å². The van der Waals surface area contributed by atoms with Gasteiger partial charge < -0.3 is 4.34 Å². The Morgan fingerprint density at radius 3 is 1.86 bits per heavy atom. The Balaban J connectivity index is 1.89. The average molecular weight is 409 g/mol. The maximum atomic E-state index is 12.7. The second-order valence-corrected chi connectivity index (χ2v) is 18.5. The van der Waals surface area contributed by atoms with Crippen LogP contribution in [0, 0.1) is 0 Å². The van der Waals surface area contributed by atoms with Crippen LogP contribution in [0.4, 0.5) is 0 Å². The number of carbonyl (C=O) groups is 1. The number of ketones is 1. The van der Waals surface area contributed by atoms with E-state index in [1.165, 1.54) is 18.5 Å². The lowest BCUT2D eigenvalue weighted by Crippen LogP contribution is -2.62. The summed E-state index contributed by atoms with van der Waals surface area (Å²) in [7, 11) is -3.10. The molecule has 0 spiro atoms. The smallest absolute Gasteiger partial charge is 0.163 e. The fraction of sp³-hybridized carbons (Fsp3) is 0.391. The van der Waals surface area contributed by atoms with Crippen molar-refractivity contribution in [1.82, 2.24) is 4.34 Å². The second-order valence-electron chi connectivity index (χ2n) is 8.99. The van der Waals surface area contributed by atoms with Crippen LogP contribution in [0.2, 0.25) is 38.3 Å². The van der Waals surface area contributed by atoms with E-state index in [-0.39, 0.29) is 5.78 Å². The van der Waals surface area contributed by atoms with Crippen molar-refractivity contribution in [3.63, 3.8) is 0 Å². The molecule has 3 rings (SSSR count). The SMILES string of the molecule is C[Si]1(C)CCC[Si](C)(C)N1N=C(CCC(=O)c1ccccc1)c1ccccc1. The maximum absolute atomic E-state index is 12.7. The zero-order valence-corrected chi connectivity index (χ0v) is 19.6. The second kappa shape index (κ2) is 8.58. The van der Waals surface area contributed by atoms with Gasteiger partial charge in [0.25, 0.3) is 0 Å². The van der Waals surface area contributed by atoms with E-state index < -0.39 is 16.5 Å². The summed E-state index contributed by atoms with van der Waals surface area (Å²) in [6, 6.07) is 22.6. The lowest BCUT2D eigenvalue weighted by atomic mass is 10.0. The van der Waals surface area contributed by atoms with E-state index in [1.54, 1.807) is 0 Å².